The first-order valence-corrected chi connectivity index (χ1v) is 5.80. The Balaban J connectivity index is 3.30. The Kier molecular flexibility index (Phi) is 5.32. The van der Waals surface area contributed by atoms with Crippen molar-refractivity contribution in [3.8, 4) is 11.5 Å². The lowest BCUT2D eigenvalue weighted by molar-refractivity contribution is -0.276. The van der Waals surface area contributed by atoms with Gasteiger partial charge in [0, 0.05) is 12.3 Å². The minimum Gasteiger partial charge on any atom is -0.405 e. The van der Waals surface area contributed by atoms with E-state index in [0.29, 0.717) is 12.1 Å². The molecule has 118 valence electrons. The fraction of sp³-hybridized carbons (Fsp3) is 0.364. The van der Waals surface area contributed by atoms with Crippen molar-refractivity contribution in [3.63, 3.8) is 0 Å². The van der Waals surface area contributed by atoms with Gasteiger partial charge in [-0.3, -0.25) is 4.79 Å². The third-order valence-corrected chi connectivity index (χ3v) is 2.23. The van der Waals surface area contributed by atoms with Gasteiger partial charge in [-0.25, -0.2) is 0 Å². The summed E-state index contributed by atoms with van der Waals surface area (Å²) in [5, 5.41) is 0. The number of benzene rings is 1. The fourth-order valence-corrected chi connectivity index (χ4v) is 1.59. The molecular weight excluding hydrogens is 330 g/mol. The minimum absolute atomic E-state index is 0.287. The van der Waals surface area contributed by atoms with Crippen LogP contribution in [-0.4, -0.2) is 24.4 Å². The topological polar surface area (TPSA) is 35.5 Å². The number of rotatable bonds is 5. The number of Topliss-reactive ketones (excluding diaryl/α,β-unsaturated/α-hetero) is 1. The Hall–Kier alpha value is -1.64. The van der Waals surface area contributed by atoms with E-state index in [2.05, 4.69) is 9.47 Å². The van der Waals surface area contributed by atoms with Crippen molar-refractivity contribution in [3.05, 3.63) is 23.8 Å². The summed E-state index contributed by atoms with van der Waals surface area (Å²) in [6.07, 6.45) is -10.8. The van der Waals surface area contributed by atoms with Gasteiger partial charge in [-0.2, -0.15) is 0 Å². The summed E-state index contributed by atoms with van der Waals surface area (Å²) in [6.45, 7) is 0. The lowest BCUT2D eigenvalue weighted by Gasteiger charge is -2.17. The van der Waals surface area contributed by atoms with Gasteiger partial charge in [-0.1, -0.05) is 6.07 Å². The van der Waals surface area contributed by atoms with Gasteiger partial charge in [-0.15, -0.1) is 37.9 Å². The van der Waals surface area contributed by atoms with Crippen LogP contribution >= 0.6 is 11.6 Å². The fourth-order valence-electron chi connectivity index (χ4n) is 1.42. The Bertz CT molecular complexity index is 477. The van der Waals surface area contributed by atoms with Crippen LogP contribution in [0.1, 0.15) is 16.8 Å². The molecule has 0 heterocycles. The molecule has 0 aliphatic heterocycles. The number of hydrogen-bond donors (Lipinski definition) is 0. The van der Waals surface area contributed by atoms with Crippen LogP contribution in [-0.2, 0) is 0 Å². The maximum Gasteiger partial charge on any atom is 0.573 e. The summed E-state index contributed by atoms with van der Waals surface area (Å²) in [6, 6.07) is 2.25. The molecule has 1 rings (SSSR count). The van der Waals surface area contributed by atoms with E-state index < -0.39 is 42.0 Å². The van der Waals surface area contributed by atoms with E-state index in [1.54, 1.807) is 0 Å². The highest BCUT2D eigenvalue weighted by molar-refractivity contribution is 6.20. The Morgan fingerprint density at radius 1 is 1.00 bits per heavy atom. The van der Waals surface area contributed by atoms with Crippen molar-refractivity contribution in [2.75, 3.05) is 5.88 Å². The maximum atomic E-state index is 12.2. The highest BCUT2D eigenvalue weighted by Crippen LogP contribution is 2.36. The maximum absolute atomic E-state index is 12.2. The van der Waals surface area contributed by atoms with Gasteiger partial charge in [0.15, 0.2) is 5.78 Å². The first-order valence-electron chi connectivity index (χ1n) is 5.27. The van der Waals surface area contributed by atoms with Crippen molar-refractivity contribution >= 4 is 17.4 Å². The molecule has 0 spiro atoms. The number of carbonyl (C=O) groups is 1. The molecule has 0 fully saturated rings. The molecule has 0 aliphatic rings. The molecule has 1 aromatic carbocycles. The molecule has 0 unspecified atom stereocenters. The largest absolute Gasteiger partial charge is 0.573 e. The number of hydrogen-bond acceptors (Lipinski definition) is 3. The van der Waals surface area contributed by atoms with Crippen LogP contribution in [0.2, 0.25) is 0 Å². The van der Waals surface area contributed by atoms with Crippen molar-refractivity contribution in [1.82, 2.24) is 0 Å². The van der Waals surface area contributed by atoms with E-state index in [1.165, 1.54) is 0 Å². The van der Waals surface area contributed by atoms with Crippen molar-refractivity contribution in [2.45, 2.75) is 19.1 Å². The number of ether oxygens (including phenoxy) is 2. The minimum atomic E-state index is -5.17. The average Bonchev–Trinajstić information content (AvgIpc) is 2.24. The van der Waals surface area contributed by atoms with E-state index in [0.717, 1.165) is 6.07 Å². The molecule has 0 aliphatic carbocycles. The zero-order valence-electron chi connectivity index (χ0n) is 10.0. The standard InChI is InChI=1S/C11H7ClF6O3/c12-5-4-6(19)9-7(20-10(13,14)15)2-1-3-8(9)21-11(16,17)18/h1-3H,4-5H2. The molecule has 0 N–H and O–H groups in total. The molecule has 10 heteroatoms. The van der Waals surface area contributed by atoms with Gasteiger partial charge in [0.25, 0.3) is 0 Å². The van der Waals surface area contributed by atoms with E-state index in [4.69, 9.17) is 11.6 Å². The van der Waals surface area contributed by atoms with Gasteiger partial charge in [0.05, 0.1) is 0 Å². The summed E-state index contributed by atoms with van der Waals surface area (Å²) in [7, 11) is 0. The number of halogens is 7. The van der Waals surface area contributed by atoms with Gasteiger partial charge < -0.3 is 9.47 Å². The molecule has 0 amide bonds. The van der Waals surface area contributed by atoms with E-state index >= 15 is 0 Å². The van der Waals surface area contributed by atoms with E-state index in [1.807, 2.05) is 0 Å². The monoisotopic (exact) mass is 336 g/mol. The third kappa shape index (κ3) is 5.70. The lowest BCUT2D eigenvalue weighted by Crippen LogP contribution is -2.22. The summed E-state index contributed by atoms with van der Waals surface area (Å²) in [5.74, 6) is -3.52. The Morgan fingerprint density at radius 3 is 1.76 bits per heavy atom. The molecule has 0 saturated carbocycles. The van der Waals surface area contributed by atoms with Crippen LogP contribution < -0.4 is 9.47 Å². The van der Waals surface area contributed by atoms with E-state index in [9.17, 15) is 31.1 Å². The van der Waals surface area contributed by atoms with Gasteiger partial charge >= 0.3 is 12.7 Å². The molecule has 21 heavy (non-hydrogen) atoms. The molecule has 3 nitrogen and oxygen atoms in total. The number of carbonyl (C=O) groups excluding carboxylic acids is 1. The normalized spacial score (nSPS) is 12.1. The van der Waals surface area contributed by atoms with Crippen LogP contribution in [0.5, 0.6) is 11.5 Å². The van der Waals surface area contributed by atoms with Crippen molar-refractivity contribution in [2.24, 2.45) is 0 Å². The SMILES string of the molecule is O=C(CCCl)c1c(OC(F)(F)F)cccc1OC(F)(F)F. The van der Waals surface area contributed by atoms with Crippen molar-refractivity contribution in [1.29, 1.82) is 0 Å². The van der Waals surface area contributed by atoms with Crippen LogP contribution in [0, 0.1) is 0 Å². The van der Waals surface area contributed by atoms with Crippen LogP contribution in [0.15, 0.2) is 18.2 Å². The second-order valence-corrected chi connectivity index (χ2v) is 3.97. The number of alkyl halides is 7. The quantitative estimate of drug-likeness (QED) is 0.457. The highest BCUT2D eigenvalue weighted by atomic mass is 35.5. The second-order valence-electron chi connectivity index (χ2n) is 3.59. The molecule has 0 radical (unpaired) electrons. The molecule has 0 aromatic heterocycles. The van der Waals surface area contributed by atoms with E-state index in [-0.39, 0.29) is 5.88 Å². The first kappa shape index (κ1) is 17.4. The van der Waals surface area contributed by atoms with Gasteiger partial charge in [-0.05, 0) is 12.1 Å². The predicted molar refractivity (Wildman–Crippen MR) is 59.5 cm³/mol. The van der Waals surface area contributed by atoms with Crippen LogP contribution in [0.3, 0.4) is 0 Å². The summed E-state index contributed by atoms with van der Waals surface area (Å²) in [4.78, 5) is 11.7. The molecule has 0 atom stereocenters. The summed E-state index contributed by atoms with van der Waals surface area (Å²) in [5.41, 5.74) is -0.965. The summed E-state index contributed by atoms with van der Waals surface area (Å²) >= 11 is 5.27. The smallest absolute Gasteiger partial charge is 0.405 e. The zero-order valence-corrected chi connectivity index (χ0v) is 10.8. The van der Waals surface area contributed by atoms with Crippen molar-refractivity contribution < 1.29 is 40.6 Å². The van der Waals surface area contributed by atoms with Crippen LogP contribution in [0.4, 0.5) is 26.3 Å². The van der Waals surface area contributed by atoms with Crippen LogP contribution in [0.25, 0.3) is 0 Å². The van der Waals surface area contributed by atoms with Gasteiger partial charge in [0.2, 0.25) is 0 Å². The molecule has 0 bridgehead atoms. The Morgan fingerprint density at radius 2 is 1.43 bits per heavy atom. The molecule has 0 saturated heterocycles. The average molecular weight is 337 g/mol. The summed E-state index contributed by atoms with van der Waals surface area (Å²) < 4.78 is 80.4. The lowest BCUT2D eigenvalue weighted by atomic mass is 10.1. The predicted octanol–water partition coefficient (Wildman–Crippen LogP) is 4.30. The highest BCUT2D eigenvalue weighted by Gasteiger charge is 2.37. The second kappa shape index (κ2) is 6.42. The molecule has 1 aromatic rings. The Labute approximate surface area is 119 Å². The number of ketones is 1. The third-order valence-electron chi connectivity index (χ3n) is 2.04. The molecular formula is C11H7ClF6O3. The first-order chi connectivity index (χ1) is 9.53. The van der Waals surface area contributed by atoms with Gasteiger partial charge in [0.1, 0.15) is 17.1 Å². The zero-order chi connectivity index (χ0) is 16.3.